The van der Waals surface area contributed by atoms with Crippen molar-refractivity contribution in [1.82, 2.24) is 0 Å². The Balaban J connectivity index is 1.74. The number of rotatable bonds is 6. The summed E-state index contributed by atoms with van der Waals surface area (Å²) in [7, 11) is 0. The van der Waals surface area contributed by atoms with E-state index in [1.54, 1.807) is 23.9 Å². The van der Waals surface area contributed by atoms with Crippen LogP contribution in [-0.4, -0.2) is 11.5 Å². The highest BCUT2D eigenvalue weighted by Gasteiger charge is 2.05. The topological polar surface area (TPSA) is 17.1 Å². The molecule has 19 heavy (non-hydrogen) atoms. The number of Topliss-reactive ketones (excluding diaryl/α,β-unsaturated/α-hetero) is 1. The highest BCUT2D eigenvalue weighted by atomic mass is 32.2. The third-order valence-corrected chi connectivity index (χ3v) is 3.82. The van der Waals surface area contributed by atoms with Gasteiger partial charge in [0, 0.05) is 16.9 Å². The van der Waals surface area contributed by atoms with Crippen LogP contribution in [0.2, 0.25) is 0 Å². The Hall–Kier alpha value is -1.61. The molecule has 0 saturated carbocycles. The molecule has 0 spiro atoms. The van der Waals surface area contributed by atoms with Gasteiger partial charge in [0.1, 0.15) is 5.82 Å². The van der Waals surface area contributed by atoms with Crippen LogP contribution < -0.4 is 0 Å². The van der Waals surface area contributed by atoms with Crippen molar-refractivity contribution < 1.29 is 9.18 Å². The molecule has 0 fully saturated rings. The second kappa shape index (κ2) is 7.10. The van der Waals surface area contributed by atoms with Crippen LogP contribution in [0.4, 0.5) is 4.39 Å². The first kappa shape index (κ1) is 13.8. The van der Waals surface area contributed by atoms with Gasteiger partial charge >= 0.3 is 0 Å². The Morgan fingerprint density at radius 1 is 1.00 bits per heavy atom. The van der Waals surface area contributed by atoms with Gasteiger partial charge in [-0.2, -0.15) is 0 Å². The molecule has 0 aliphatic heterocycles. The molecule has 2 aromatic carbocycles. The van der Waals surface area contributed by atoms with E-state index in [1.165, 1.54) is 17.0 Å². The number of benzene rings is 2. The first-order chi connectivity index (χ1) is 9.25. The lowest BCUT2D eigenvalue weighted by Crippen LogP contribution is -1.99. The molecule has 0 N–H and O–H groups in total. The van der Waals surface area contributed by atoms with Crippen LogP contribution in [0.5, 0.6) is 0 Å². The summed E-state index contributed by atoms with van der Waals surface area (Å²) in [4.78, 5) is 13.1. The number of hydrogen-bond donors (Lipinski definition) is 0. The monoisotopic (exact) mass is 274 g/mol. The molecule has 3 heteroatoms. The van der Waals surface area contributed by atoms with Gasteiger partial charge in [0.05, 0.1) is 0 Å². The van der Waals surface area contributed by atoms with Crippen molar-refractivity contribution in [1.29, 1.82) is 0 Å². The minimum absolute atomic E-state index is 0.0775. The van der Waals surface area contributed by atoms with Crippen LogP contribution in [0.25, 0.3) is 0 Å². The number of thioether (sulfide) groups is 1. The Morgan fingerprint density at radius 3 is 2.37 bits per heavy atom. The molecule has 0 atom stereocenters. The zero-order valence-electron chi connectivity index (χ0n) is 10.5. The number of hydrogen-bond acceptors (Lipinski definition) is 2. The molecule has 0 radical (unpaired) electrons. The summed E-state index contributed by atoms with van der Waals surface area (Å²) >= 11 is 1.75. The lowest BCUT2D eigenvalue weighted by Gasteiger charge is -2.02. The fourth-order valence-corrected chi connectivity index (χ4v) is 2.59. The van der Waals surface area contributed by atoms with Crippen LogP contribution in [0, 0.1) is 5.82 Å². The zero-order chi connectivity index (χ0) is 13.5. The minimum Gasteiger partial charge on any atom is -0.294 e. The van der Waals surface area contributed by atoms with Crippen LogP contribution in [0.15, 0.2) is 59.5 Å². The predicted molar refractivity (Wildman–Crippen MR) is 77.1 cm³/mol. The summed E-state index contributed by atoms with van der Waals surface area (Å²) in [5.41, 5.74) is 0.589. The average Bonchev–Trinajstić information content (AvgIpc) is 2.45. The van der Waals surface area contributed by atoms with Gasteiger partial charge in [-0.05, 0) is 48.6 Å². The van der Waals surface area contributed by atoms with E-state index < -0.39 is 0 Å². The summed E-state index contributed by atoms with van der Waals surface area (Å²) in [6, 6.07) is 15.9. The second-order valence-corrected chi connectivity index (χ2v) is 5.36. The van der Waals surface area contributed by atoms with E-state index in [0.29, 0.717) is 12.0 Å². The minimum atomic E-state index is -0.309. The lowest BCUT2D eigenvalue weighted by molar-refractivity contribution is 0.0982. The molecular weight excluding hydrogens is 259 g/mol. The van der Waals surface area contributed by atoms with Crippen LogP contribution >= 0.6 is 11.8 Å². The van der Waals surface area contributed by atoms with Crippen LogP contribution in [0.3, 0.4) is 0 Å². The van der Waals surface area contributed by atoms with Gasteiger partial charge in [-0.3, -0.25) is 4.79 Å². The zero-order valence-corrected chi connectivity index (χ0v) is 11.3. The molecule has 98 valence electrons. The van der Waals surface area contributed by atoms with E-state index in [2.05, 4.69) is 12.1 Å². The van der Waals surface area contributed by atoms with Gasteiger partial charge < -0.3 is 0 Å². The van der Waals surface area contributed by atoms with Crippen molar-refractivity contribution in [2.24, 2.45) is 0 Å². The molecule has 0 aromatic heterocycles. The molecule has 0 heterocycles. The number of halogens is 1. The van der Waals surface area contributed by atoms with Crippen molar-refractivity contribution in [2.75, 3.05) is 5.75 Å². The van der Waals surface area contributed by atoms with E-state index in [1.807, 2.05) is 18.2 Å². The van der Waals surface area contributed by atoms with Crippen molar-refractivity contribution in [3.8, 4) is 0 Å². The molecule has 2 aromatic rings. The standard InChI is InChI=1S/C16H15FOS/c17-14-10-8-13(9-11-14)16(18)7-4-12-19-15-5-2-1-3-6-15/h1-3,5-6,8-11H,4,7,12H2. The third kappa shape index (κ3) is 4.52. The largest absolute Gasteiger partial charge is 0.294 e. The molecule has 0 amide bonds. The maximum atomic E-state index is 12.7. The predicted octanol–water partition coefficient (Wildman–Crippen LogP) is 4.58. The fraction of sp³-hybridized carbons (Fsp3) is 0.188. The van der Waals surface area contributed by atoms with Crippen LogP contribution in [0.1, 0.15) is 23.2 Å². The van der Waals surface area contributed by atoms with E-state index >= 15 is 0 Å². The maximum Gasteiger partial charge on any atom is 0.162 e. The number of ketones is 1. The normalized spacial score (nSPS) is 10.4. The number of carbonyl (C=O) groups excluding carboxylic acids is 1. The summed E-state index contributed by atoms with van der Waals surface area (Å²) in [5, 5.41) is 0. The first-order valence-electron chi connectivity index (χ1n) is 6.22. The molecule has 0 aliphatic rings. The van der Waals surface area contributed by atoms with Gasteiger partial charge in [0.15, 0.2) is 5.78 Å². The van der Waals surface area contributed by atoms with Gasteiger partial charge in [0.25, 0.3) is 0 Å². The SMILES string of the molecule is O=C(CCCSc1ccccc1)c1ccc(F)cc1. The van der Waals surface area contributed by atoms with Gasteiger partial charge in [-0.15, -0.1) is 11.8 Å². The van der Waals surface area contributed by atoms with Crippen molar-refractivity contribution >= 4 is 17.5 Å². The highest BCUT2D eigenvalue weighted by Crippen LogP contribution is 2.19. The average molecular weight is 274 g/mol. The van der Waals surface area contributed by atoms with Crippen molar-refractivity contribution in [3.63, 3.8) is 0 Å². The van der Waals surface area contributed by atoms with Gasteiger partial charge in [0.2, 0.25) is 0 Å². The molecule has 0 aliphatic carbocycles. The van der Waals surface area contributed by atoms with E-state index in [0.717, 1.165) is 12.2 Å². The Bertz CT molecular complexity index is 522. The molecular formula is C16H15FOS. The van der Waals surface area contributed by atoms with E-state index in [4.69, 9.17) is 0 Å². The molecule has 0 saturated heterocycles. The fourth-order valence-electron chi connectivity index (χ4n) is 1.72. The molecule has 0 bridgehead atoms. The quantitative estimate of drug-likeness (QED) is 0.435. The Kier molecular flexibility index (Phi) is 5.16. The van der Waals surface area contributed by atoms with E-state index in [9.17, 15) is 9.18 Å². The summed E-state index contributed by atoms with van der Waals surface area (Å²) in [6.07, 6.45) is 1.33. The van der Waals surface area contributed by atoms with Crippen LogP contribution in [-0.2, 0) is 0 Å². The Morgan fingerprint density at radius 2 is 1.68 bits per heavy atom. The second-order valence-electron chi connectivity index (χ2n) is 4.20. The summed E-state index contributed by atoms with van der Waals surface area (Å²) in [5.74, 6) is 0.682. The third-order valence-electron chi connectivity index (χ3n) is 2.73. The maximum absolute atomic E-state index is 12.7. The number of carbonyl (C=O) groups is 1. The van der Waals surface area contributed by atoms with Crippen molar-refractivity contribution in [2.45, 2.75) is 17.7 Å². The Labute approximate surface area is 116 Å². The molecule has 1 nitrogen and oxygen atoms in total. The van der Waals surface area contributed by atoms with Gasteiger partial charge in [-0.25, -0.2) is 4.39 Å². The first-order valence-corrected chi connectivity index (χ1v) is 7.21. The van der Waals surface area contributed by atoms with Crippen molar-refractivity contribution in [3.05, 3.63) is 66.0 Å². The van der Waals surface area contributed by atoms with E-state index in [-0.39, 0.29) is 11.6 Å². The molecule has 2 rings (SSSR count). The smallest absolute Gasteiger partial charge is 0.162 e. The molecule has 0 unspecified atom stereocenters. The van der Waals surface area contributed by atoms with Gasteiger partial charge in [-0.1, -0.05) is 18.2 Å². The summed E-state index contributed by atoms with van der Waals surface area (Å²) < 4.78 is 12.7. The highest BCUT2D eigenvalue weighted by molar-refractivity contribution is 7.99. The lowest BCUT2D eigenvalue weighted by atomic mass is 10.1. The summed E-state index contributed by atoms with van der Waals surface area (Å²) in [6.45, 7) is 0.